The van der Waals surface area contributed by atoms with Gasteiger partial charge < -0.3 is 5.32 Å². The van der Waals surface area contributed by atoms with Crippen molar-refractivity contribution in [1.29, 1.82) is 0 Å². The molecule has 1 atom stereocenters. The van der Waals surface area contributed by atoms with E-state index in [0.717, 1.165) is 12.5 Å². The molecule has 1 aliphatic carbocycles. The van der Waals surface area contributed by atoms with Gasteiger partial charge in [0.05, 0.1) is 5.56 Å². The number of alkyl halides is 3. The minimum atomic E-state index is -4.38. The SMILES string of the molecule is CC(CC1CC1)Nc1ccc(Cl)cc1C(F)(F)F. The Labute approximate surface area is 109 Å². The fraction of sp³-hybridized carbons (Fsp3) is 0.538. The van der Waals surface area contributed by atoms with Crippen molar-refractivity contribution in [3.05, 3.63) is 28.8 Å². The zero-order valence-corrected chi connectivity index (χ0v) is 10.8. The molecule has 0 bridgehead atoms. The van der Waals surface area contributed by atoms with Gasteiger partial charge in [0.15, 0.2) is 0 Å². The predicted molar refractivity (Wildman–Crippen MR) is 66.9 cm³/mol. The van der Waals surface area contributed by atoms with Gasteiger partial charge in [-0.25, -0.2) is 0 Å². The minimum Gasteiger partial charge on any atom is -0.382 e. The quantitative estimate of drug-likeness (QED) is 0.820. The largest absolute Gasteiger partial charge is 0.418 e. The molecule has 18 heavy (non-hydrogen) atoms. The second kappa shape index (κ2) is 5.00. The van der Waals surface area contributed by atoms with Crippen LogP contribution >= 0.6 is 11.6 Å². The van der Waals surface area contributed by atoms with Crippen LogP contribution in [0.2, 0.25) is 5.02 Å². The average molecular weight is 278 g/mol. The lowest BCUT2D eigenvalue weighted by atomic mass is 10.1. The summed E-state index contributed by atoms with van der Waals surface area (Å²) in [4.78, 5) is 0. The average Bonchev–Trinajstić information content (AvgIpc) is 3.03. The van der Waals surface area contributed by atoms with E-state index in [9.17, 15) is 13.2 Å². The standard InChI is InChI=1S/C13H15ClF3N/c1-8(6-9-2-3-9)18-12-5-4-10(14)7-11(12)13(15,16)17/h4-5,7-9,18H,2-3,6H2,1H3. The van der Waals surface area contributed by atoms with Crippen LogP contribution in [0.15, 0.2) is 18.2 Å². The Morgan fingerprint density at radius 3 is 2.61 bits per heavy atom. The summed E-state index contributed by atoms with van der Waals surface area (Å²) in [5.74, 6) is 0.675. The molecule has 1 unspecified atom stereocenters. The van der Waals surface area contributed by atoms with Crippen LogP contribution in [0.25, 0.3) is 0 Å². The Kier molecular flexibility index (Phi) is 3.76. The van der Waals surface area contributed by atoms with E-state index in [2.05, 4.69) is 5.32 Å². The monoisotopic (exact) mass is 277 g/mol. The number of nitrogens with one attached hydrogen (secondary N) is 1. The first-order valence-corrected chi connectivity index (χ1v) is 6.37. The molecule has 2 rings (SSSR count). The van der Waals surface area contributed by atoms with Crippen LogP contribution in [0.5, 0.6) is 0 Å². The van der Waals surface area contributed by atoms with Crippen LogP contribution in [0.3, 0.4) is 0 Å². The lowest BCUT2D eigenvalue weighted by Crippen LogP contribution is -2.19. The zero-order valence-electron chi connectivity index (χ0n) is 10.0. The summed E-state index contributed by atoms with van der Waals surface area (Å²) >= 11 is 5.63. The van der Waals surface area contributed by atoms with E-state index < -0.39 is 11.7 Å². The highest BCUT2D eigenvalue weighted by Gasteiger charge is 2.34. The molecule has 0 amide bonds. The van der Waals surface area contributed by atoms with Crippen LogP contribution in [0.1, 0.15) is 31.7 Å². The van der Waals surface area contributed by atoms with Crippen LogP contribution in [0.4, 0.5) is 18.9 Å². The molecule has 5 heteroatoms. The molecule has 1 N–H and O–H groups in total. The highest BCUT2D eigenvalue weighted by molar-refractivity contribution is 6.30. The predicted octanol–water partition coefficient (Wildman–Crippen LogP) is 4.96. The Hall–Kier alpha value is -0.900. The molecule has 1 aromatic rings. The topological polar surface area (TPSA) is 12.0 Å². The molecule has 1 aromatic carbocycles. The summed E-state index contributed by atoms with van der Waals surface area (Å²) in [6.45, 7) is 1.91. The lowest BCUT2D eigenvalue weighted by molar-refractivity contribution is -0.137. The van der Waals surface area contributed by atoms with Gasteiger partial charge in [-0.3, -0.25) is 0 Å². The molecule has 0 aromatic heterocycles. The van der Waals surface area contributed by atoms with Crippen molar-refractivity contribution in [1.82, 2.24) is 0 Å². The summed E-state index contributed by atoms with van der Waals surface area (Å²) in [5.41, 5.74) is -0.585. The molecule has 0 spiro atoms. The molecule has 0 heterocycles. The van der Waals surface area contributed by atoms with Gasteiger partial charge in [0.2, 0.25) is 0 Å². The number of anilines is 1. The van der Waals surface area contributed by atoms with Crippen molar-refractivity contribution >= 4 is 17.3 Å². The van der Waals surface area contributed by atoms with Gasteiger partial charge in [0.1, 0.15) is 0 Å². The second-order valence-corrected chi connectivity index (χ2v) is 5.35. The van der Waals surface area contributed by atoms with Gasteiger partial charge in [-0.15, -0.1) is 0 Å². The van der Waals surface area contributed by atoms with Crippen molar-refractivity contribution in [2.24, 2.45) is 5.92 Å². The number of rotatable bonds is 4. The molecule has 0 aliphatic heterocycles. The highest BCUT2D eigenvalue weighted by atomic mass is 35.5. The minimum absolute atomic E-state index is 0.0415. The Morgan fingerprint density at radius 1 is 1.39 bits per heavy atom. The molecule has 0 saturated heterocycles. The van der Waals surface area contributed by atoms with Crippen LogP contribution in [-0.4, -0.2) is 6.04 Å². The molecule has 1 nitrogen and oxygen atoms in total. The molecule has 1 saturated carbocycles. The van der Waals surface area contributed by atoms with E-state index >= 15 is 0 Å². The number of benzene rings is 1. The fourth-order valence-electron chi connectivity index (χ4n) is 2.05. The maximum atomic E-state index is 12.9. The fourth-order valence-corrected chi connectivity index (χ4v) is 2.23. The van der Waals surface area contributed by atoms with E-state index in [4.69, 9.17) is 11.6 Å². The smallest absolute Gasteiger partial charge is 0.382 e. The van der Waals surface area contributed by atoms with Crippen molar-refractivity contribution in [2.75, 3.05) is 5.32 Å². The summed E-state index contributed by atoms with van der Waals surface area (Å²) in [6, 6.07) is 3.88. The molecule has 100 valence electrons. The highest BCUT2D eigenvalue weighted by Crippen LogP contribution is 2.38. The normalized spacial score (nSPS) is 17.6. The lowest BCUT2D eigenvalue weighted by Gasteiger charge is -2.19. The van der Waals surface area contributed by atoms with E-state index in [0.29, 0.717) is 5.92 Å². The van der Waals surface area contributed by atoms with Crippen molar-refractivity contribution in [3.63, 3.8) is 0 Å². The van der Waals surface area contributed by atoms with E-state index in [1.807, 2.05) is 6.92 Å². The molecule has 1 fully saturated rings. The third-order valence-electron chi connectivity index (χ3n) is 3.07. The van der Waals surface area contributed by atoms with Crippen molar-refractivity contribution in [3.8, 4) is 0 Å². The summed E-state index contributed by atoms with van der Waals surface area (Å²) in [6.07, 6.45) is -1.08. The summed E-state index contributed by atoms with van der Waals surface area (Å²) < 4.78 is 38.6. The first-order valence-electron chi connectivity index (χ1n) is 5.99. The maximum absolute atomic E-state index is 12.9. The third-order valence-corrected chi connectivity index (χ3v) is 3.31. The first kappa shape index (κ1) is 13.5. The molecular formula is C13H15ClF3N. The van der Waals surface area contributed by atoms with Crippen LogP contribution in [-0.2, 0) is 6.18 Å². The second-order valence-electron chi connectivity index (χ2n) is 4.91. The van der Waals surface area contributed by atoms with Gasteiger partial charge in [0.25, 0.3) is 0 Å². The third kappa shape index (κ3) is 3.55. The Balaban J connectivity index is 2.15. The summed E-state index contributed by atoms with van der Waals surface area (Å²) in [5, 5.41) is 3.04. The maximum Gasteiger partial charge on any atom is 0.418 e. The van der Waals surface area contributed by atoms with E-state index in [-0.39, 0.29) is 16.8 Å². The van der Waals surface area contributed by atoms with Gasteiger partial charge in [-0.1, -0.05) is 24.4 Å². The van der Waals surface area contributed by atoms with Gasteiger partial charge in [0, 0.05) is 16.8 Å². The number of hydrogen-bond acceptors (Lipinski definition) is 1. The van der Waals surface area contributed by atoms with Crippen molar-refractivity contribution < 1.29 is 13.2 Å². The van der Waals surface area contributed by atoms with Crippen LogP contribution < -0.4 is 5.32 Å². The van der Waals surface area contributed by atoms with E-state index in [1.165, 1.54) is 25.0 Å². The number of hydrogen-bond donors (Lipinski definition) is 1. The van der Waals surface area contributed by atoms with Gasteiger partial charge >= 0.3 is 6.18 Å². The van der Waals surface area contributed by atoms with Gasteiger partial charge in [-0.2, -0.15) is 13.2 Å². The number of halogens is 4. The zero-order chi connectivity index (χ0) is 13.3. The van der Waals surface area contributed by atoms with Gasteiger partial charge in [-0.05, 0) is 37.5 Å². The Morgan fingerprint density at radius 2 is 2.06 bits per heavy atom. The van der Waals surface area contributed by atoms with Crippen molar-refractivity contribution in [2.45, 2.75) is 38.4 Å². The van der Waals surface area contributed by atoms with E-state index in [1.54, 1.807) is 0 Å². The first-order chi connectivity index (χ1) is 8.36. The Bertz CT molecular complexity index is 427. The molecule has 1 aliphatic rings. The molecular weight excluding hydrogens is 263 g/mol. The summed E-state index contributed by atoms with van der Waals surface area (Å²) in [7, 11) is 0. The molecule has 0 radical (unpaired) electrons. The van der Waals surface area contributed by atoms with Crippen LogP contribution in [0, 0.1) is 5.92 Å².